The van der Waals surface area contributed by atoms with Crippen LogP contribution in [0.4, 0.5) is 0 Å². The van der Waals surface area contributed by atoms with Gasteiger partial charge in [0.05, 0.1) is 26.3 Å². The van der Waals surface area contributed by atoms with Gasteiger partial charge in [0.15, 0.2) is 11.5 Å². The summed E-state index contributed by atoms with van der Waals surface area (Å²) in [4.78, 5) is 14.1. The first-order chi connectivity index (χ1) is 11.8. The van der Waals surface area contributed by atoms with Crippen molar-refractivity contribution in [1.82, 2.24) is 10.2 Å². The fraction of sp³-hybridized carbons (Fsp3) is 0.579. The number of rotatable bonds is 9. The lowest BCUT2D eigenvalue weighted by molar-refractivity contribution is -0.123. The van der Waals surface area contributed by atoms with Gasteiger partial charge >= 0.3 is 0 Å². The average molecular weight is 347 g/mol. The van der Waals surface area contributed by atoms with Gasteiger partial charge in [-0.2, -0.15) is 5.26 Å². The highest BCUT2D eigenvalue weighted by Crippen LogP contribution is 2.28. The zero-order valence-electron chi connectivity index (χ0n) is 16.0. The molecule has 1 atom stereocenters. The molecule has 0 saturated heterocycles. The van der Waals surface area contributed by atoms with Gasteiger partial charge < -0.3 is 14.8 Å². The maximum Gasteiger partial charge on any atom is 0.235 e. The quantitative estimate of drug-likeness (QED) is 0.743. The van der Waals surface area contributed by atoms with Crippen molar-refractivity contribution in [2.24, 2.45) is 5.92 Å². The number of likely N-dealkylation sites (N-methyl/N-ethyl adjacent to an activating group) is 1. The van der Waals surface area contributed by atoms with Gasteiger partial charge in [-0.25, -0.2) is 0 Å². The van der Waals surface area contributed by atoms with E-state index in [-0.39, 0.29) is 18.4 Å². The van der Waals surface area contributed by atoms with Crippen molar-refractivity contribution in [3.8, 4) is 17.6 Å². The first kappa shape index (κ1) is 20.8. The lowest BCUT2D eigenvalue weighted by Gasteiger charge is -2.28. The van der Waals surface area contributed by atoms with Crippen molar-refractivity contribution in [2.75, 3.05) is 27.3 Å². The molecular weight excluding hydrogens is 318 g/mol. The lowest BCUT2D eigenvalue weighted by atomic mass is 9.90. The maximum atomic E-state index is 12.2. The molecule has 1 N–H and O–H groups in total. The van der Waals surface area contributed by atoms with Crippen molar-refractivity contribution < 1.29 is 14.3 Å². The standard InChI is InChI=1S/C19H29N3O3/c1-7-25-16-9-8-15(10-17(16)24-6)11-22(5)12-18(23)21-19(4,13-20)14(2)3/h8-10,14H,7,11-12H2,1-6H3,(H,21,23)/t19-/m1/s1. The Morgan fingerprint density at radius 3 is 2.60 bits per heavy atom. The number of ether oxygens (including phenoxy) is 2. The van der Waals surface area contributed by atoms with Crippen LogP contribution in [0.15, 0.2) is 18.2 Å². The minimum absolute atomic E-state index is 0.0297. The third-order valence-electron chi connectivity index (χ3n) is 4.18. The largest absolute Gasteiger partial charge is 0.493 e. The molecular formula is C19H29N3O3. The molecule has 1 aromatic carbocycles. The van der Waals surface area contributed by atoms with Gasteiger partial charge in [-0.1, -0.05) is 19.9 Å². The second-order valence-corrected chi connectivity index (χ2v) is 6.61. The number of amides is 1. The van der Waals surface area contributed by atoms with E-state index >= 15 is 0 Å². The lowest BCUT2D eigenvalue weighted by Crippen LogP contribution is -2.51. The molecule has 0 aliphatic heterocycles. The van der Waals surface area contributed by atoms with E-state index in [9.17, 15) is 10.1 Å². The minimum atomic E-state index is -0.861. The highest BCUT2D eigenvalue weighted by Gasteiger charge is 2.30. The number of hydrogen-bond acceptors (Lipinski definition) is 5. The van der Waals surface area contributed by atoms with Crippen LogP contribution in [0.5, 0.6) is 11.5 Å². The zero-order valence-corrected chi connectivity index (χ0v) is 16.0. The number of nitriles is 1. The summed E-state index contributed by atoms with van der Waals surface area (Å²) < 4.78 is 10.9. The number of benzene rings is 1. The molecule has 0 heterocycles. The van der Waals surface area contributed by atoms with Crippen LogP contribution in [-0.4, -0.2) is 43.7 Å². The SMILES string of the molecule is CCOc1ccc(CN(C)CC(=O)N[C@](C)(C#N)C(C)C)cc1OC. The Morgan fingerprint density at radius 2 is 2.08 bits per heavy atom. The Hall–Kier alpha value is -2.26. The molecule has 0 aliphatic carbocycles. The summed E-state index contributed by atoms with van der Waals surface area (Å²) in [5.41, 5.74) is 0.155. The summed E-state index contributed by atoms with van der Waals surface area (Å²) in [7, 11) is 3.47. The minimum Gasteiger partial charge on any atom is -0.493 e. The van der Waals surface area contributed by atoms with E-state index in [1.807, 2.05) is 50.9 Å². The summed E-state index contributed by atoms with van der Waals surface area (Å²) in [6, 6.07) is 7.92. The second-order valence-electron chi connectivity index (χ2n) is 6.61. The fourth-order valence-electron chi connectivity index (χ4n) is 2.33. The molecule has 0 aromatic heterocycles. The van der Waals surface area contributed by atoms with Crippen LogP contribution < -0.4 is 14.8 Å². The Bertz CT molecular complexity index is 625. The molecule has 1 amide bonds. The third kappa shape index (κ3) is 5.95. The average Bonchev–Trinajstić information content (AvgIpc) is 2.55. The van der Waals surface area contributed by atoms with Crippen LogP contribution in [0, 0.1) is 17.2 Å². The topological polar surface area (TPSA) is 74.6 Å². The second kappa shape index (κ2) is 9.28. The van der Waals surface area contributed by atoms with Gasteiger partial charge in [-0.05, 0) is 44.5 Å². The Labute approximate surface area is 150 Å². The molecule has 0 aliphatic rings. The Kier molecular flexibility index (Phi) is 7.72. The molecule has 1 aromatic rings. The monoisotopic (exact) mass is 347 g/mol. The summed E-state index contributed by atoms with van der Waals surface area (Å²) >= 11 is 0. The van der Waals surface area contributed by atoms with Gasteiger partial charge in [0, 0.05) is 6.54 Å². The smallest absolute Gasteiger partial charge is 0.235 e. The van der Waals surface area contributed by atoms with E-state index in [2.05, 4.69) is 11.4 Å². The predicted molar refractivity (Wildman–Crippen MR) is 97.5 cm³/mol. The number of hydrogen-bond donors (Lipinski definition) is 1. The molecule has 138 valence electrons. The molecule has 0 spiro atoms. The molecule has 0 saturated carbocycles. The number of carbonyl (C=O) groups excluding carboxylic acids is 1. The molecule has 6 nitrogen and oxygen atoms in total. The van der Waals surface area contributed by atoms with Crippen molar-refractivity contribution >= 4 is 5.91 Å². The molecule has 0 unspecified atom stereocenters. The zero-order chi connectivity index (χ0) is 19.0. The van der Waals surface area contributed by atoms with E-state index in [4.69, 9.17) is 9.47 Å². The van der Waals surface area contributed by atoms with Crippen molar-refractivity contribution in [2.45, 2.75) is 39.8 Å². The normalized spacial score (nSPS) is 13.2. The van der Waals surface area contributed by atoms with Crippen LogP contribution in [0.1, 0.15) is 33.3 Å². The Balaban J connectivity index is 2.69. The van der Waals surface area contributed by atoms with E-state index < -0.39 is 5.54 Å². The van der Waals surface area contributed by atoms with E-state index in [1.165, 1.54) is 0 Å². The van der Waals surface area contributed by atoms with Crippen LogP contribution in [0.2, 0.25) is 0 Å². The number of carbonyl (C=O) groups is 1. The van der Waals surface area contributed by atoms with Gasteiger partial charge in [0.25, 0.3) is 0 Å². The van der Waals surface area contributed by atoms with E-state index in [0.717, 1.165) is 5.56 Å². The highest BCUT2D eigenvalue weighted by atomic mass is 16.5. The summed E-state index contributed by atoms with van der Waals surface area (Å²) in [5, 5.41) is 12.1. The number of nitrogens with one attached hydrogen (secondary N) is 1. The predicted octanol–water partition coefficient (Wildman–Crippen LogP) is 2.58. The molecule has 6 heteroatoms. The van der Waals surface area contributed by atoms with E-state index in [0.29, 0.717) is 24.7 Å². The van der Waals surface area contributed by atoms with Crippen molar-refractivity contribution in [3.63, 3.8) is 0 Å². The van der Waals surface area contributed by atoms with Crippen molar-refractivity contribution in [3.05, 3.63) is 23.8 Å². The molecule has 0 fully saturated rings. The Morgan fingerprint density at radius 1 is 1.40 bits per heavy atom. The van der Waals surface area contributed by atoms with E-state index in [1.54, 1.807) is 14.0 Å². The maximum absolute atomic E-state index is 12.2. The molecule has 25 heavy (non-hydrogen) atoms. The number of nitrogens with zero attached hydrogens (tertiary/aromatic N) is 2. The molecule has 0 radical (unpaired) electrons. The first-order valence-electron chi connectivity index (χ1n) is 8.46. The van der Waals surface area contributed by atoms with Gasteiger partial charge in [-0.3, -0.25) is 9.69 Å². The third-order valence-corrected chi connectivity index (χ3v) is 4.18. The van der Waals surface area contributed by atoms with Gasteiger partial charge in [0.1, 0.15) is 5.54 Å². The first-order valence-corrected chi connectivity index (χ1v) is 8.46. The van der Waals surface area contributed by atoms with Crippen LogP contribution in [0.3, 0.4) is 0 Å². The van der Waals surface area contributed by atoms with Gasteiger partial charge in [-0.15, -0.1) is 0 Å². The molecule has 1 rings (SSSR count). The fourth-order valence-corrected chi connectivity index (χ4v) is 2.33. The van der Waals surface area contributed by atoms with Gasteiger partial charge in [0.2, 0.25) is 5.91 Å². The van der Waals surface area contributed by atoms with Crippen LogP contribution >= 0.6 is 0 Å². The molecule has 0 bridgehead atoms. The highest BCUT2D eigenvalue weighted by molar-refractivity contribution is 5.79. The van der Waals surface area contributed by atoms with Crippen LogP contribution in [0.25, 0.3) is 0 Å². The summed E-state index contributed by atoms with van der Waals surface area (Å²) in [5.74, 6) is 1.24. The van der Waals surface area contributed by atoms with Crippen molar-refractivity contribution in [1.29, 1.82) is 5.26 Å². The number of methoxy groups -OCH3 is 1. The summed E-state index contributed by atoms with van der Waals surface area (Å²) in [6.45, 7) is 8.86. The van der Waals surface area contributed by atoms with Crippen LogP contribution in [-0.2, 0) is 11.3 Å². The summed E-state index contributed by atoms with van der Waals surface area (Å²) in [6.07, 6.45) is 0.